The standard InChI is InChI=1S/C7H15NS/c1-2-9-6-7(5-8)3-4-7/h2-6,8H2,1H3. The highest BCUT2D eigenvalue weighted by Gasteiger charge is 2.40. The molecule has 0 spiro atoms. The van der Waals surface area contributed by atoms with Gasteiger partial charge >= 0.3 is 0 Å². The van der Waals surface area contributed by atoms with Gasteiger partial charge in [-0.25, -0.2) is 0 Å². The van der Waals surface area contributed by atoms with Gasteiger partial charge in [0, 0.05) is 5.75 Å². The van der Waals surface area contributed by atoms with Crippen LogP contribution >= 0.6 is 11.8 Å². The maximum absolute atomic E-state index is 5.60. The summed E-state index contributed by atoms with van der Waals surface area (Å²) >= 11 is 2.02. The maximum atomic E-state index is 5.60. The molecule has 0 aromatic carbocycles. The molecular weight excluding hydrogens is 130 g/mol. The van der Waals surface area contributed by atoms with Crippen molar-refractivity contribution in [3.8, 4) is 0 Å². The van der Waals surface area contributed by atoms with Crippen LogP contribution in [-0.4, -0.2) is 18.1 Å². The summed E-state index contributed by atoms with van der Waals surface area (Å²) in [5.41, 5.74) is 6.18. The fraction of sp³-hybridized carbons (Fsp3) is 1.00. The second-order valence-corrected chi connectivity index (χ2v) is 4.12. The molecule has 9 heavy (non-hydrogen) atoms. The van der Waals surface area contributed by atoms with Gasteiger partial charge in [-0.2, -0.15) is 11.8 Å². The Morgan fingerprint density at radius 3 is 2.56 bits per heavy atom. The molecule has 1 aliphatic rings. The van der Waals surface area contributed by atoms with E-state index in [9.17, 15) is 0 Å². The lowest BCUT2D eigenvalue weighted by Crippen LogP contribution is -2.17. The fourth-order valence-corrected chi connectivity index (χ4v) is 1.95. The van der Waals surface area contributed by atoms with Gasteiger partial charge in [0.25, 0.3) is 0 Å². The fourth-order valence-electron chi connectivity index (χ4n) is 0.903. The van der Waals surface area contributed by atoms with Crippen LogP contribution < -0.4 is 5.73 Å². The highest BCUT2D eigenvalue weighted by atomic mass is 32.2. The van der Waals surface area contributed by atoms with Gasteiger partial charge in [0.15, 0.2) is 0 Å². The summed E-state index contributed by atoms with van der Waals surface area (Å²) in [6, 6.07) is 0. The number of rotatable bonds is 4. The van der Waals surface area contributed by atoms with Gasteiger partial charge in [-0.05, 0) is 30.6 Å². The highest BCUT2D eigenvalue weighted by molar-refractivity contribution is 7.99. The van der Waals surface area contributed by atoms with E-state index in [2.05, 4.69) is 6.92 Å². The molecule has 2 N–H and O–H groups in total. The van der Waals surface area contributed by atoms with Crippen LogP contribution in [0.4, 0.5) is 0 Å². The molecule has 54 valence electrons. The van der Waals surface area contributed by atoms with E-state index in [1.54, 1.807) is 0 Å². The molecule has 0 aliphatic heterocycles. The first-order valence-electron chi connectivity index (χ1n) is 3.61. The van der Waals surface area contributed by atoms with E-state index in [1.165, 1.54) is 24.3 Å². The summed E-state index contributed by atoms with van der Waals surface area (Å²) in [5, 5.41) is 0. The molecule has 1 aliphatic carbocycles. The zero-order valence-corrected chi connectivity index (χ0v) is 6.84. The summed E-state index contributed by atoms with van der Waals surface area (Å²) in [7, 11) is 0. The lowest BCUT2D eigenvalue weighted by Gasteiger charge is -2.09. The molecule has 0 aromatic rings. The van der Waals surface area contributed by atoms with Crippen LogP contribution in [0, 0.1) is 5.41 Å². The Bertz CT molecular complexity index is 88.9. The van der Waals surface area contributed by atoms with Crippen molar-refractivity contribution in [3.63, 3.8) is 0 Å². The SMILES string of the molecule is CCSCC1(CN)CC1. The van der Waals surface area contributed by atoms with Crippen molar-refractivity contribution in [2.24, 2.45) is 11.1 Å². The van der Waals surface area contributed by atoms with Crippen LogP contribution in [0.5, 0.6) is 0 Å². The van der Waals surface area contributed by atoms with Gasteiger partial charge < -0.3 is 5.73 Å². The van der Waals surface area contributed by atoms with E-state index in [-0.39, 0.29) is 0 Å². The van der Waals surface area contributed by atoms with Crippen molar-refractivity contribution in [1.29, 1.82) is 0 Å². The predicted molar refractivity (Wildman–Crippen MR) is 43.7 cm³/mol. The quantitative estimate of drug-likeness (QED) is 0.648. The van der Waals surface area contributed by atoms with Gasteiger partial charge in [-0.1, -0.05) is 6.92 Å². The molecule has 0 radical (unpaired) electrons. The van der Waals surface area contributed by atoms with Crippen molar-refractivity contribution in [2.45, 2.75) is 19.8 Å². The summed E-state index contributed by atoms with van der Waals surface area (Å²) in [6.45, 7) is 3.11. The van der Waals surface area contributed by atoms with E-state index in [0.717, 1.165) is 6.54 Å². The predicted octanol–water partition coefficient (Wildman–Crippen LogP) is 1.48. The smallest absolute Gasteiger partial charge is 0.000117 e. The highest BCUT2D eigenvalue weighted by Crippen LogP contribution is 2.46. The molecule has 1 rings (SSSR count). The number of thioether (sulfide) groups is 1. The Kier molecular flexibility index (Phi) is 2.42. The third kappa shape index (κ3) is 1.87. The minimum Gasteiger partial charge on any atom is -0.330 e. The van der Waals surface area contributed by atoms with Gasteiger partial charge in [0.2, 0.25) is 0 Å². The van der Waals surface area contributed by atoms with E-state index < -0.39 is 0 Å². The van der Waals surface area contributed by atoms with Crippen molar-refractivity contribution in [3.05, 3.63) is 0 Å². The molecule has 0 saturated heterocycles. The lowest BCUT2D eigenvalue weighted by molar-refractivity contribution is 0.600. The molecule has 1 fully saturated rings. The number of hydrogen-bond donors (Lipinski definition) is 1. The van der Waals surface area contributed by atoms with Crippen LogP contribution in [0.2, 0.25) is 0 Å². The Morgan fingerprint density at radius 1 is 1.56 bits per heavy atom. The average molecular weight is 145 g/mol. The molecule has 2 heteroatoms. The molecule has 0 amide bonds. The molecule has 1 nitrogen and oxygen atoms in total. The van der Waals surface area contributed by atoms with Gasteiger partial charge in [0.1, 0.15) is 0 Å². The zero-order valence-electron chi connectivity index (χ0n) is 6.02. The largest absolute Gasteiger partial charge is 0.330 e. The Balaban J connectivity index is 2.10. The van der Waals surface area contributed by atoms with Crippen LogP contribution in [0.3, 0.4) is 0 Å². The molecule has 0 atom stereocenters. The van der Waals surface area contributed by atoms with Gasteiger partial charge in [0.05, 0.1) is 0 Å². The first-order valence-corrected chi connectivity index (χ1v) is 4.76. The van der Waals surface area contributed by atoms with E-state index >= 15 is 0 Å². The normalized spacial score (nSPS) is 22.0. The second kappa shape index (κ2) is 2.93. The number of nitrogens with two attached hydrogens (primary N) is 1. The molecular formula is C7H15NS. The van der Waals surface area contributed by atoms with Crippen LogP contribution in [-0.2, 0) is 0 Å². The third-order valence-electron chi connectivity index (χ3n) is 2.00. The molecule has 0 aromatic heterocycles. The summed E-state index contributed by atoms with van der Waals surface area (Å²) < 4.78 is 0. The second-order valence-electron chi connectivity index (χ2n) is 2.84. The van der Waals surface area contributed by atoms with Crippen molar-refractivity contribution < 1.29 is 0 Å². The zero-order chi connectivity index (χ0) is 6.74. The lowest BCUT2D eigenvalue weighted by atomic mass is 10.1. The number of hydrogen-bond acceptors (Lipinski definition) is 2. The van der Waals surface area contributed by atoms with Gasteiger partial charge in [-0.3, -0.25) is 0 Å². The molecule has 0 unspecified atom stereocenters. The summed E-state index contributed by atoms with van der Waals surface area (Å²) in [6.07, 6.45) is 2.74. The van der Waals surface area contributed by atoms with Crippen molar-refractivity contribution in [1.82, 2.24) is 0 Å². The van der Waals surface area contributed by atoms with Crippen molar-refractivity contribution >= 4 is 11.8 Å². The molecule has 0 bridgehead atoms. The summed E-state index contributed by atoms with van der Waals surface area (Å²) in [5.74, 6) is 2.53. The first-order chi connectivity index (χ1) is 4.33. The monoisotopic (exact) mass is 145 g/mol. The van der Waals surface area contributed by atoms with Crippen LogP contribution in [0.25, 0.3) is 0 Å². The Labute approximate surface area is 61.4 Å². The average Bonchev–Trinajstić information content (AvgIpc) is 2.65. The maximum Gasteiger partial charge on any atom is 0.000117 e. The van der Waals surface area contributed by atoms with E-state index in [0.29, 0.717) is 5.41 Å². The van der Waals surface area contributed by atoms with E-state index in [1.807, 2.05) is 11.8 Å². The third-order valence-corrected chi connectivity index (χ3v) is 3.23. The minimum absolute atomic E-state index is 0.584. The molecule has 0 heterocycles. The van der Waals surface area contributed by atoms with Crippen molar-refractivity contribution in [2.75, 3.05) is 18.1 Å². The first kappa shape index (κ1) is 7.42. The minimum atomic E-state index is 0.584. The molecule has 1 saturated carbocycles. The Hall–Kier alpha value is 0.310. The Morgan fingerprint density at radius 2 is 2.22 bits per heavy atom. The van der Waals surface area contributed by atoms with Crippen LogP contribution in [0.15, 0.2) is 0 Å². The van der Waals surface area contributed by atoms with E-state index in [4.69, 9.17) is 5.73 Å². The van der Waals surface area contributed by atoms with Crippen LogP contribution in [0.1, 0.15) is 19.8 Å². The van der Waals surface area contributed by atoms with Gasteiger partial charge in [-0.15, -0.1) is 0 Å². The summed E-state index contributed by atoms with van der Waals surface area (Å²) in [4.78, 5) is 0. The topological polar surface area (TPSA) is 26.0 Å².